The summed E-state index contributed by atoms with van der Waals surface area (Å²) in [6.45, 7) is 2.99. The largest absolute Gasteiger partial charge is 0.491 e. The van der Waals surface area contributed by atoms with Crippen LogP contribution in [-0.4, -0.2) is 37.8 Å². The van der Waals surface area contributed by atoms with Gasteiger partial charge in [0.05, 0.1) is 11.7 Å². The summed E-state index contributed by atoms with van der Waals surface area (Å²) in [6, 6.07) is 14.2. The van der Waals surface area contributed by atoms with E-state index >= 15 is 0 Å². The fourth-order valence-electron chi connectivity index (χ4n) is 2.93. The van der Waals surface area contributed by atoms with Crippen molar-refractivity contribution in [2.45, 2.75) is 32.3 Å². The average molecular weight is 383 g/mol. The molecule has 1 N–H and O–H groups in total. The molecule has 3 rings (SSSR count). The van der Waals surface area contributed by atoms with Gasteiger partial charge in [0.25, 0.3) is 5.91 Å². The molecule has 0 aromatic heterocycles. The standard InChI is InChI=1S/C22H25NO5/c1-2-16-5-3-6-18(13-16)23-21(24)15-28-22(25)17-8-10-19(11-9-17)27-14-20-7-4-12-26-20/h3,5-6,8-11,13,20H,2,4,7,12,14-15H2,1H3,(H,23,24). The van der Waals surface area contributed by atoms with Crippen LogP contribution in [0.25, 0.3) is 0 Å². The van der Waals surface area contributed by atoms with Crippen LogP contribution in [0.1, 0.15) is 35.7 Å². The third-order valence-corrected chi connectivity index (χ3v) is 4.50. The number of hydrogen-bond donors (Lipinski definition) is 1. The molecule has 28 heavy (non-hydrogen) atoms. The zero-order chi connectivity index (χ0) is 19.8. The fraction of sp³-hybridized carbons (Fsp3) is 0.364. The number of nitrogens with one attached hydrogen (secondary N) is 1. The van der Waals surface area contributed by atoms with Gasteiger partial charge in [0.2, 0.25) is 0 Å². The lowest BCUT2D eigenvalue weighted by atomic mass is 10.1. The van der Waals surface area contributed by atoms with Crippen molar-refractivity contribution in [3.8, 4) is 5.75 Å². The molecule has 1 fully saturated rings. The Kier molecular flexibility index (Phi) is 7.03. The minimum absolute atomic E-state index is 0.140. The van der Waals surface area contributed by atoms with Crippen molar-refractivity contribution in [2.75, 3.05) is 25.1 Å². The first-order chi connectivity index (χ1) is 13.6. The van der Waals surface area contributed by atoms with Crippen molar-refractivity contribution < 1.29 is 23.8 Å². The van der Waals surface area contributed by atoms with Crippen LogP contribution in [0.2, 0.25) is 0 Å². The number of carbonyl (C=O) groups excluding carboxylic acids is 2. The Labute approximate surface area is 164 Å². The SMILES string of the molecule is CCc1cccc(NC(=O)COC(=O)c2ccc(OCC3CCCO3)cc2)c1. The van der Waals surface area contributed by atoms with Gasteiger partial charge in [0.15, 0.2) is 6.61 Å². The molecule has 6 heteroatoms. The van der Waals surface area contributed by atoms with Crippen molar-refractivity contribution in [3.05, 3.63) is 59.7 Å². The fourth-order valence-corrected chi connectivity index (χ4v) is 2.93. The van der Waals surface area contributed by atoms with Gasteiger partial charge < -0.3 is 19.5 Å². The molecule has 1 unspecified atom stereocenters. The number of ether oxygens (including phenoxy) is 3. The highest BCUT2D eigenvalue weighted by atomic mass is 16.5. The lowest BCUT2D eigenvalue weighted by Gasteiger charge is -2.11. The number of aryl methyl sites for hydroxylation is 1. The predicted octanol–water partition coefficient (Wildman–Crippen LogP) is 3.60. The Hall–Kier alpha value is -2.86. The van der Waals surface area contributed by atoms with Crippen LogP contribution in [0, 0.1) is 0 Å². The van der Waals surface area contributed by atoms with Gasteiger partial charge in [-0.25, -0.2) is 4.79 Å². The van der Waals surface area contributed by atoms with Gasteiger partial charge in [-0.2, -0.15) is 0 Å². The third-order valence-electron chi connectivity index (χ3n) is 4.50. The first-order valence-electron chi connectivity index (χ1n) is 9.54. The molecule has 0 aliphatic carbocycles. The molecule has 0 saturated carbocycles. The Morgan fingerprint density at radius 2 is 2.00 bits per heavy atom. The normalized spacial score (nSPS) is 15.8. The molecule has 0 bridgehead atoms. The van der Waals surface area contributed by atoms with E-state index in [-0.39, 0.29) is 18.6 Å². The Balaban J connectivity index is 1.44. The van der Waals surface area contributed by atoms with E-state index in [9.17, 15) is 9.59 Å². The smallest absolute Gasteiger partial charge is 0.338 e. The van der Waals surface area contributed by atoms with E-state index in [0.29, 0.717) is 23.6 Å². The van der Waals surface area contributed by atoms with Crippen LogP contribution in [0.4, 0.5) is 5.69 Å². The summed E-state index contributed by atoms with van der Waals surface area (Å²) in [5.74, 6) is -0.262. The van der Waals surface area contributed by atoms with Gasteiger partial charge in [-0.1, -0.05) is 19.1 Å². The molecule has 0 radical (unpaired) electrons. The maximum Gasteiger partial charge on any atom is 0.338 e. The van der Waals surface area contributed by atoms with E-state index in [0.717, 1.165) is 31.4 Å². The average Bonchev–Trinajstić information content (AvgIpc) is 3.24. The van der Waals surface area contributed by atoms with Crippen LogP contribution in [0.3, 0.4) is 0 Å². The molecule has 1 amide bonds. The number of carbonyl (C=O) groups is 2. The van der Waals surface area contributed by atoms with Crippen molar-refractivity contribution in [3.63, 3.8) is 0 Å². The first kappa shape index (κ1) is 19.9. The molecular weight excluding hydrogens is 358 g/mol. The summed E-state index contributed by atoms with van der Waals surface area (Å²) in [6.07, 6.45) is 3.10. The Morgan fingerprint density at radius 1 is 1.18 bits per heavy atom. The lowest BCUT2D eigenvalue weighted by molar-refractivity contribution is -0.119. The molecule has 1 aliphatic heterocycles. The van der Waals surface area contributed by atoms with E-state index in [1.165, 1.54) is 0 Å². The maximum absolute atomic E-state index is 12.1. The minimum Gasteiger partial charge on any atom is -0.491 e. The monoisotopic (exact) mass is 383 g/mol. The second-order valence-corrected chi connectivity index (χ2v) is 6.65. The van der Waals surface area contributed by atoms with Crippen LogP contribution < -0.4 is 10.1 Å². The molecular formula is C22H25NO5. The topological polar surface area (TPSA) is 73.9 Å². The number of anilines is 1. The molecule has 0 spiro atoms. The van der Waals surface area contributed by atoms with Gasteiger partial charge in [-0.15, -0.1) is 0 Å². The maximum atomic E-state index is 12.1. The second kappa shape index (κ2) is 9.90. The molecule has 1 heterocycles. The van der Waals surface area contributed by atoms with E-state index in [1.807, 2.05) is 25.1 Å². The molecule has 2 aromatic rings. The second-order valence-electron chi connectivity index (χ2n) is 6.65. The molecule has 148 valence electrons. The number of amides is 1. The summed E-state index contributed by atoms with van der Waals surface area (Å²) in [5.41, 5.74) is 2.18. The van der Waals surface area contributed by atoms with Crippen LogP contribution >= 0.6 is 0 Å². The summed E-state index contributed by atoms with van der Waals surface area (Å²) in [5, 5.41) is 2.73. The summed E-state index contributed by atoms with van der Waals surface area (Å²) < 4.78 is 16.3. The van der Waals surface area contributed by atoms with Crippen molar-refractivity contribution in [2.24, 2.45) is 0 Å². The summed E-state index contributed by atoms with van der Waals surface area (Å²) in [7, 11) is 0. The van der Waals surface area contributed by atoms with E-state index in [2.05, 4.69) is 5.32 Å². The van der Waals surface area contributed by atoms with E-state index in [4.69, 9.17) is 14.2 Å². The highest BCUT2D eigenvalue weighted by molar-refractivity contribution is 5.95. The quantitative estimate of drug-likeness (QED) is 0.705. The number of rotatable bonds is 8. The van der Waals surface area contributed by atoms with E-state index in [1.54, 1.807) is 30.3 Å². The Morgan fingerprint density at radius 3 is 2.71 bits per heavy atom. The van der Waals surface area contributed by atoms with Gasteiger partial charge in [-0.3, -0.25) is 4.79 Å². The predicted molar refractivity (Wildman–Crippen MR) is 106 cm³/mol. The van der Waals surface area contributed by atoms with Crippen molar-refractivity contribution >= 4 is 17.6 Å². The lowest BCUT2D eigenvalue weighted by Crippen LogP contribution is -2.21. The summed E-state index contributed by atoms with van der Waals surface area (Å²) in [4.78, 5) is 24.1. The van der Waals surface area contributed by atoms with Crippen LogP contribution in [0.15, 0.2) is 48.5 Å². The molecule has 1 aliphatic rings. The molecule has 1 atom stereocenters. The van der Waals surface area contributed by atoms with Gasteiger partial charge >= 0.3 is 5.97 Å². The highest BCUT2D eigenvalue weighted by Gasteiger charge is 2.16. The number of hydrogen-bond acceptors (Lipinski definition) is 5. The van der Waals surface area contributed by atoms with Gasteiger partial charge in [-0.05, 0) is 61.2 Å². The first-order valence-corrected chi connectivity index (χ1v) is 9.54. The molecule has 2 aromatic carbocycles. The van der Waals surface area contributed by atoms with Crippen molar-refractivity contribution in [1.29, 1.82) is 0 Å². The summed E-state index contributed by atoms with van der Waals surface area (Å²) >= 11 is 0. The van der Waals surface area contributed by atoms with Gasteiger partial charge in [0.1, 0.15) is 12.4 Å². The van der Waals surface area contributed by atoms with Crippen LogP contribution in [-0.2, 0) is 20.7 Å². The Bertz CT molecular complexity index is 797. The number of benzene rings is 2. The number of esters is 1. The highest BCUT2D eigenvalue weighted by Crippen LogP contribution is 2.17. The third kappa shape index (κ3) is 5.82. The van der Waals surface area contributed by atoms with Crippen molar-refractivity contribution in [1.82, 2.24) is 0 Å². The minimum atomic E-state index is -0.553. The molecule has 1 saturated heterocycles. The van der Waals surface area contributed by atoms with E-state index < -0.39 is 5.97 Å². The zero-order valence-corrected chi connectivity index (χ0v) is 16.0. The van der Waals surface area contributed by atoms with Crippen LogP contribution in [0.5, 0.6) is 5.75 Å². The van der Waals surface area contributed by atoms with Gasteiger partial charge in [0, 0.05) is 12.3 Å². The zero-order valence-electron chi connectivity index (χ0n) is 16.0. The molecule has 6 nitrogen and oxygen atoms in total.